The summed E-state index contributed by atoms with van der Waals surface area (Å²) in [7, 11) is 0. The van der Waals surface area contributed by atoms with E-state index < -0.39 is 0 Å². The summed E-state index contributed by atoms with van der Waals surface area (Å²) in [5.74, 6) is 1.70. The number of allylic oxidation sites excluding steroid dienone is 1. The fourth-order valence-electron chi connectivity index (χ4n) is 8.67. The Bertz CT molecular complexity index is 1040. The van der Waals surface area contributed by atoms with Crippen molar-refractivity contribution in [2.45, 2.75) is 84.8 Å². The molecule has 5 rings (SSSR count). The van der Waals surface area contributed by atoms with Crippen LogP contribution in [0.4, 0.5) is 0 Å². The topological polar surface area (TPSA) is 52.6 Å². The first-order valence-electron chi connectivity index (χ1n) is 13.4. The number of benzene rings is 1. The lowest BCUT2D eigenvalue weighted by molar-refractivity contribution is -0.161. The molecule has 0 unspecified atom stereocenters. The minimum atomic E-state index is -0.193. The summed E-state index contributed by atoms with van der Waals surface area (Å²) in [5.41, 5.74) is 3.91. The van der Waals surface area contributed by atoms with Crippen LogP contribution in [0.5, 0.6) is 0 Å². The predicted octanol–water partition coefficient (Wildman–Crippen LogP) is 6.75. The van der Waals surface area contributed by atoms with Gasteiger partial charge in [0.1, 0.15) is 12.2 Å². The van der Waals surface area contributed by atoms with Crippen LogP contribution in [0.1, 0.15) is 78.2 Å². The van der Waals surface area contributed by atoms with Gasteiger partial charge in [-0.1, -0.05) is 62.4 Å². The van der Waals surface area contributed by atoms with E-state index in [4.69, 9.17) is 9.47 Å². The van der Waals surface area contributed by atoms with E-state index in [9.17, 15) is 9.59 Å². The van der Waals surface area contributed by atoms with E-state index in [1.54, 1.807) is 0 Å². The van der Waals surface area contributed by atoms with Crippen LogP contribution >= 0.6 is 0 Å². The maximum atomic E-state index is 12.2. The minimum absolute atomic E-state index is 0.0213. The lowest BCUT2D eigenvalue weighted by atomic mass is 9.44. The SMILES string of the molecule is C=C1C[C@@H]2[C@H]3C/C(=C\c4ccccc4)[C@@H](OC(C)=O)[C@]3(C)CC[C@H]2[C@]2(C)CC[C@H](OC(C)=O)C[C@@H]12. The second-order valence-electron chi connectivity index (χ2n) is 12.2. The molecule has 0 aromatic heterocycles. The van der Waals surface area contributed by atoms with E-state index in [1.807, 2.05) is 6.07 Å². The molecule has 0 spiro atoms. The predicted molar refractivity (Wildman–Crippen MR) is 137 cm³/mol. The minimum Gasteiger partial charge on any atom is -0.463 e. The van der Waals surface area contributed by atoms with Gasteiger partial charge in [0.25, 0.3) is 0 Å². The molecule has 0 radical (unpaired) electrons. The van der Waals surface area contributed by atoms with Gasteiger partial charge in [-0.3, -0.25) is 9.59 Å². The van der Waals surface area contributed by atoms with Gasteiger partial charge in [-0.05, 0) is 85.2 Å². The Morgan fingerprint density at radius 3 is 2.31 bits per heavy atom. The molecule has 1 aromatic carbocycles. The monoisotopic (exact) mass is 476 g/mol. The van der Waals surface area contributed by atoms with Crippen molar-refractivity contribution in [1.29, 1.82) is 0 Å². The summed E-state index contributed by atoms with van der Waals surface area (Å²) < 4.78 is 11.7. The molecule has 4 aliphatic rings. The Kier molecular flexibility index (Phi) is 6.22. The number of hydrogen-bond acceptors (Lipinski definition) is 4. The summed E-state index contributed by atoms with van der Waals surface area (Å²) in [4.78, 5) is 23.8. The van der Waals surface area contributed by atoms with Gasteiger partial charge in [0.05, 0.1) is 0 Å². The first kappa shape index (κ1) is 24.3. The molecular formula is C31H40O4. The molecule has 1 aromatic rings. The third-order valence-electron chi connectivity index (χ3n) is 10.2. The Balaban J connectivity index is 1.46. The third kappa shape index (κ3) is 4.17. The van der Waals surface area contributed by atoms with Gasteiger partial charge in [-0.15, -0.1) is 0 Å². The maximum absolute atomic E-state index is 12.2. The smallest absolute Gasteiger partial charge is 0.303 e. The molecule has 188 valence electrons. The number of esters is 2. The van der Waals surface area contributed by atoms with Crippen molar-refractivity contribution in [3.8, 4) is 0 Å². The highest BCUT2D eigenvalue weighted by Gasteiger charge is 2.63. The van der Waals surface area contributed by atoms with Crippen molar-refractivity contribution < 1.29 is 19.1 Å². The molecule has 0 aliphatic heterocycles. The summed E-state index contributed by atoms with van der Waals surface area (Å²) in [6.07, 6.45) is 9.31. The van der Waals surface area contributed by atoms with Gasteiger partial charge in [0, 0.05) is 19.3 Å². The molecule has 0 bridgehead atoms. The molecule has 35 heavy (non-hydrogen) atoms. The second-order valence-corrected chi connectivity index (χ2v) is 12.2. The van der Waals surface area contributed by atoms with Gasteiger partial charge in [-0.25, -0.2) is 0 Å². The van der Waals surface area contributed by atoms with Crippen molar-refractivity contribution in [2.75, 3.05) is 0 Å². The molecule has 0 heterocycles. The Morgan fingerprint density at radius 2 is 1.63 bits per heavy atom. The summed E-state index contributed by atoms with van der Waals surface area (Å²) >= 11 is 0. The summed E-state index contributed by atoms with van der Waals surface area (Å²) in [6.45, 7) is 12.5. The molecule has 0 saturated heterocycles. The Labute approximate surface area is 210 Å². The van der Waals surface area contributed by atoms with Crippen molar-refractivity contribution in [1.82, 2.24) is 0 Å². The van der Waals surface area contributed by atoms with Crippen LogP contribution in [0, 0.1) is 34.5 Å². The van der Waals surface area contributed by atoms with Crippen LogP contribution in [0.2, 0.25) is 0 Å². The van der Waals surface area contributed by atoms with Gasteiger partial charge in [0.2, 0.25) is 0 Å². The molecule has 4 nitrogen and oxygen atoms in total. The van der Waals surface area contributed by atoms with Gasteiger partial charge < -0.3 is 9.47 Å². The zero-order valence-corrected chi connectivity index (χ0v) is 21.7. The average molecular weight is 477 g/mol. The Hall–Kier alpha value is -2.36. The molecule has 0 amide bonds. The van der Waals surface area contributed by atoms with Crippen LogP contribution in [0.15, 0.2) is 48.1 Å². The number of rotatable bonds is 3. The van der Waals surface area contributed by atoms with Crippen molar-refractivity contribution in [2.24, 2.45) is 34.5 Å². The van der Waals surface area contributed by atoms with Crippen LogP contribution in [0.25, 0.3) is 6.08 Å². The molecule has 4 saturated carbocycles. The molecule has 0 N–H and O–H groups in total. The van der Waals surface area contributed by atoms with Gasteiger partial charge >= 0.3 is 11.9 Å². The van der Waals surface area contributed by atoms with E-state index in [1.165, 1.54) is 30.6 Å². The van der Waals surface area contributed by atoms with Gasteiger partial charge in [0.15, 0.2) is 0 Å². The summed E-state index contributed by atoms with van der Waals surface area (Å²) in [6, 6.07) is 10.4. The van der Waals surface area contributed by atoms with Crippen molar-refractivity contribution in [3.63, 3.8) is 0 Å². The zero-order chi connectivity index (χ0) is 25.0. The second kappa shape index (κ2) is 8.94. The molecule has 4 aliphatic carbocycles. The first-order chi connectivity index (χ1) is 16.6. The normalized spacial score (nSPS) is 41.5. The van der Waals surface area contributed by atoms with Crippen LogP contribution in [0.3, 0.4) is 0 Å². The number of hydrogen-bond donors (Lipinski definition) is 0. The summed E-state index contributed by atoms with van der Waals surface area (Å²) in [5, 5.41) is 0. The van der Waals surface area contributed by atoms with Crippen molar-refractivity contribution >= 4 is 18.0 Å². The lowest BCUT2D eigenvalue weighted by Gasteiger charge is -2.61. The molecule has 8 atom stereocenters. The zero-order valence-electron chi connectivity index (χ0n) is 21.7. The van der Waals surface area contributed by atoms with Crippen LogP contribution in [-0.2, 0) is 19.1 Å². The number of ether oxygens (including phenoxy) is 2. The van der Waals surface area contributed by atoms with Crippen LogP contribution in [-0.4, -0.2) is 24.1 Å². The van der Waals surface area contributed by atoms with E-state index in [2.05, 4.69) is 50.8 Å². The number of carbonyl (C=O) groups is 2. The van der Waals surface area contributed by atoms with E-state index in [0.29, 0.717) is 23.7 Å². The standard InChI is InChI=1S/C31H40O4/c1-19-15-25-26(30(4)13-11-24(18-27(19)30)34-20(2)32)12-14-31(5)28(25)17-23(29(31)35-21(3)33)16-22-9-7-6-8-10-22/h6-10,16,24-29H,1,11-15,17-18H2,2-5H3/b23-16+/t24-,25-,26+,27-,28+,29+,30-,31+/m0/s1. The highest BCUT2D eigenvalue weighted by Crippen LogP contribution is 2.68. The fourth-order valence-corrected chi connectivity index (χ4v) is 8.67. The van der Waals surface area contributed by atoms with E-state index >= 15 is 0 Å². The van der Waals surface area contributed by atoms with Crippen molar-refractivity contribution in [3.05, 3.63) is 53.6 Å². The highest BCUT2D eigenvalue weighted by atomic mass is 16.5. The number of carbonyl (C=O) groups excluding carboxylic acids is 2. The van der Waals surface area contributed by atoms with Crippen LogP contribution < -0.4 is 0 Å². The lowest BCUT2D eigenvalue weighted by Crippen LogP contribution is -2.55. The molecule has 4 heteroatoms. The largest absolute Gasteiger partial charge is 0.463 e. The van der Waals surface area contributed by atoms with E-state index in [0.717, 1.165) is 44.9 Å². The average Bonchev–Trinajstić information content (AvgIpc) is 3.06. The number of fused-ring (bicyclic) bond motifs is 5. The molecular weight excluding hydrogens is 436 g/mol. The van der Waals surface area contributed by atoms with E-state index in [-0.39, 0.29) is 35.0 Å². The quantitative estimate of drug-likeness (QED) is 0.358. The maximum Gasteiger partial charge on any atom is 0.303 e. The first-order valence-corrected chi connectivity index (χ1v) is 13.4. The van der Waals surface area contributed by atoms with Gasteiger partial charge in [-0.2, -0.15) is 0 Å². The fraction of sp³-hybridized carbons (Fsp3) is 0.613. The molecule has 4 fully saturated rings. The Morgan fingerprint density at radius 1 is 0.943 bits per heavy atom. The highest BCUT2D eigenvalue weighted by molar-refractivity contribution is 5.68. The third-order valence-corrected chi connectivity index (χ3v) is 10.2.